The van der Waals surface area contributed by atoms with Gasteiger partial charge in [0.15, 0.2) is 0 Å². The number of halogens is 1. The molecule has 0 unspecified atom stereocenters. The van der Waals surface area contributed by atoms with Crippen molar-refractivity contribution in [2.24, 2.45) is 7.05 Å². The fourth-order valence-electron chi connectivity index (χ4n) is 2.62. The number of benzene rings is 1. The van der Waals surface area contributed by atoms with E-state index >= 15 is 0 Å². The van der Waals surface area contributed by atoms with E-state index in [1.165, 1.54) is 12.1 Å². The van der Waals surface area contributed by atoms with Gasteiger partial charge in [-0.15, -0.1) is 0 Å². The molecule has 0 fully saturated rings. The number of aryl methyl sites for hydroxylation is 1. The Morgan fingerprint density at radius 2 is 2.00 bits per heavy atom. The molecule has 27 heavy (non-hydrogen) atoms. The van der Waals surface area contributed by atoms with Gasteiger partial charge in [0.2, 0.25) is 0 Å². The maximum atomic E-state index is 13.2. The fourth-order valence-corrected chi connectivity index (χ4v) is 2.62. The lowest BCUT2D eigenvalue weighted by molar-refractivity contribution is -0.132. The third kappa shape index (κ3) is 4.45. The Hall–Kier alpha value is -3.32. The lowest BCUT2D eigenvalue weighted by atomic mass is 10.0. The fraction of sp³-hybridized carbons (Fsp3) is 0.150. The molecule has 0 amide bonds. The molecule has 7 heteroatoms. The summed E-state index contributed by atoms with van der Waals surface area (Å²) in [5.74, 6) is -1.33. The maximum absolute atomic E-state index is 13.2. The molecule has 0 saturated heterocycles. The van der Waals surface area contributed by atoms with Crippen molar-refractivity contribution < 1.29 is 14.3 Å². The molecule has 0 aliphatic rings. The second-order valence-corrected chi connectivity index (χ2v) is 6.12. The number of aliphatic carboxylic acids is 1. The second kappa shape index (κ2) is 7.92. The third-order valence-electron chi connectivity index (χ3n) is 4.07. The molecule has 2 aromatic heterocycles. The molecule has 0 bridgehead atoms. The number of carboxylic acid groups (broad SMARTS) is 1. The Balaban J connectivity index is 1.91. The predicted molar refractivity (Wildman–Crippen MR) is 100 cm³/mol. The highest BCUT2D eigenvalue weighted by molar-refractivity contribution is 5.86. The molecule has 0 radical (unpaired) electrons. The van der Waals surface area contributed by atoms with Gasteiger partial charge in [-0.25, -0.2) is 9.18 Å². The SMILES string of the molecule is C=C(CNCc1cnc(-c2ccc(F)cc2)cc1-c1ccn(C)n1)C(=O)O. The number of pyridine rings is 1. The Labute approximate surface area is 156 Å². The van der Waals surface area contributed by atoms with Gasteiger partial charge in [-0.3, -0.25) is 9.67 Å². The Morgan fingerprint density at radius 1 is 1.26 bits per heavy atom. The summed E-state index contributed by atoms with van der Waals surface area (Å²) in [7, 11) is 1.83. The molecule has 2 N–H and O–H groups in total. The van der Waals surface area contributed by atoms with Crippen LogP contribution in [0, 0.1) is 5.82 Å². The molecule has 2 heterocycles. The molecule has 0 aliphatic heterocycles. The van der Waals surface area contributed by atoms with Crippen LogP contribution in [0.25, 0.3) is 22.5 Å². The van der Waals surface area contributed by atoms with Crippen LogP contribution in [-0.4, -0.2) is 32.4 Å². The van der Waals surface area contributed by atoms with Crippen LogP contribution in [-0.2, 0) is 18.4 Å². The first-order valence-electron chi connectivity index (χ1n) is 8.30. The summed E-state index contributed by atoms with van der Waals surface area (Å²) in [6, 6.07) is 9.93. The van der Waals surface area contributed by atoms with Crippen molar-refractivity contribution >= 4 is 5.97 Å². The quantitative estimate of drug-likeness (QED) is 0.629. The number of rotatable bonds is 7. The largest absolute Gasteiger partial charge is 0.478 e. The van der Waals surface area contributed by atoms with Crippen molar-refractivity contribution in [2.75, 3.05) is 6.54 Å². The number of carbonyl (C=O) groups is 1. The molecular formula is C20H19FN4O2. The van der Waals surface area contributed by atoms with Crippen LogP contribution in [0.3, 0.4) is 0 Å². The summed E-state index contributed by atoms with van der Waals surface area (Å²) in [6.45, 7) is 4.08. The van der Waals surface area contributed by atoms with Gasteiger partial charge in [0.05, 0.1) is 11.4 Å². The summed E-state index contributed by atoms with van der Waals surface area (Å²) < 4.78 is 14.9. The standard InChI is InChI=1S/C20H19FN4O2/c1-13(20(26)27)10-22-11-15-12-23-19(14-3-5-16(21)6-4-14)9-17(15)18-7-8-25(2)24-18/h3-9,12,22H,1,10-11H2,2H3,(H,26,27). The van der Waals surface area contributed by atoms with Gasteiger partial charge in [-0.05, 0) is 42.0 Å². The van der Waals surface area contributed by atoms with E-state index in [0.29, 0.717) is 12.2 Å². The highest BCUT2D eigenvalue weighted by Crippen LogP contribution is 2.27. The van der Waals surface area contributed by atoms with E-state index in [0.717, 1.165) is 22.4 Å². The minimum atomic E-state index is -1.03. The van der Waals surface area contributed by atoms with Crippen molar-refractivity contribution in [3.63, 3.8) is 0 Å². The van der Waals surface area contributed by atoms with E-state index in [2.05, 4.69) is 22.0 Å². The van der Waals surface area contributed by atoms with Gasteiger partial charge in [-0.1, -0.05) is 6.58 Å². The average Bonchev–Trinajstić information content (AvgIpc) is 3.08. The van der Waals surface area contributed by atoms with E-state index in [-0.39, 0.29) is 17.9 Å². The molecule has 0 atom stereocenters. The van der Waals surface area contributed by atoms with Crippen molar-refractivity contribution in [1.29, 1.82) is 0 Å². The molecule has 138 valence electrons. The lowest BCUT2D eigenvalue weighted by Crippen LogP contribution is -2.20. The van der Waals surface area contributed by atoms with Gasteiger partial charge in [0, 0.05) is 49.2 Å². The number of carboxylic acids is 1. The molecule has 6 nitrogen and oxygen atoms in total. The smallest absolute Gasteiger partial charge is 0.332 e. The molecular weight excluding hydrogens is 347 g/mol. The van der Waals surface area contributed by atoms with Crippen molar-refractivity contribution in [3.8, 4) is 22.5 Å². The molecule has 3 aromatic rings. The molecule has 3 rings (SSSR count). The predicted octanol–water partition coefficient (Wildman–Crippen LogP) is 3.02. The Kier molecular flexibility index (Phi) is 5.42. The van der Waals surface area contributed by atoms with Crippen LogP contribution in [0.15, 0.2) is 60.9 Å². The second-order valence-electron chi connectivity index (χ2n) is 6.12. The first kappa shape index (κ1) is 18.5. The zero-order valence-corrected chi connectivity index (χ0v) is 14.8. The molecule has 0 spiro atoms. The van der Waals surface area contributed by atoms with E-state index in [4.69, 9.17) is 5.11 Å². The van der Waals surface area contributed by atoms with Crippen LogP contribution < -0.4 is 5.32 Å². The number of aromatic nitrogens is 3. The Morgan fingerprint density at radius 3 is 2.63 bits per heavy atom. The van der Waals surface area contributed by atoms with Gasteiger partial charge >= 0.3 is 5.97 Å². The van der Waals surface area contributed by atoms with Crippen molar-refractivity contribution in [2.45, 2.75) is 6.54 Å². The minimum Gasteiger partial charge on any atom is -0.478 e. The first-order valence-corrected chi connectivity index (χ1v) is 8.30. The summed E-state index contributed by atoms with van der Waals surface area (Å²) in [5.41, 5.74) is 4.11. The van der Waals surface area contributed by atoms with Crippen molar-refractivity contribution in [1.82, 2.24) is 20.1 Å². The zero-order chi connectivity index (χ0) is 19.4. The topological polar surface area (TPSA) is 80.0 Å². The van der Waals surface area contributed by atoms with Crippen LogP contribution in [0.5, 0.6) is 0 Å². The third-order valence-corrected chi connectivity index (χ3v) is 4.07. The summed E-state index contributed by atoms with van der Waals surface area (Å²) in [6.07, 6.45) is 3.57. The average molecular weight is 366 g/mol. The van der Waals surface area contributed by atoms with Crippen molar-refractivity contribution in [3.05, 3.63) is 72.3 Å². The van der Waals surface area contributed by atoms with Gasteiger partial charge in [-0.2, -0.15) is 5.10 Å². The molecule has 0 saturated carbocycles. The van der Waals surface area contributed by atoms with Crippen LogP contribution in [0.2, 0.25) is 0 Å². The summed E-state index contributed by atoms with van der Waals surface area (Å²) in [5, 5.41) is 16.4. The first-order chi connectivity index (χ1) is 12.9. The van der Waals surface area contributed by atoms with Gasteiger partial charge in [0.1, 0.15) is 5.82 Å². The number of nitrogens with zero attached hydrogens (tertiary/aromatic N) is 3. The van der Waals surface area contributed by atoms with Crippen LogP contribution in [0.1, 0.15) is 5.56 Å². The highest BCUT2D eigenvalue weighted by atomic mass is 19.1. The van der Waals surface area contributed by atoms with Gasteiger partial charge in [0.25, 0.3) is 0 Å². The van der Waals surface area contributed by atoms with Crippen LogP contribution >= 0.6 is 0 Å². The van der Waals surface area contributed by atoms with E-state index in [1.807, 2.05) is 25.4 Å². The minimum absolute atomic E-state index is 0.0882. The van der Waals surface area contributed by atoms with E-state index in [9.17, 15) is 9.18 Å². The van der Waals surface area contributed by atoms with Gasteiger partial charge < -0.3 is 10.4 Å². The summed E-state index contributed by atoms with van der Waals surface area (Å²) >= 11 is 0. The lowest BCUT2D eigenvalue weighted by Gasteiger charge is -2.11. The van der Waals surface area contributed by atoms with E-state index in [1.54, 1.807) is 23.0 Å². The zero-order valence-electron chi connectivity index (χ0n) is 14.8. The highest BCUT2D eigenvalue weighted by Gasteiger charge is 2.12. The number of hydrogen-bond donors (Lipinski definition) is 2. The molecule has 0 aliphatic carbocycles. The Bertz CT molecular complexity index is 980. The number of hydrogen-bond acceptors (Lipinski definition) is 4. The van der Waals surface area contributed by atoms with E-state index < -0.39 is 5.97 Å². The van der Waals surface area contributed by atoms with Crippen LogP contribution in [0.4, 0.5) is 4.39 Å². The number of nitrogens with one attached hydrogen (secondary N) is 1. The summed E-state index contributed by atoms with van der Waals surface area (Å²) in [4.78, 5) is 15.3. The maximum Gasteiger partial charge on any atom is 0.332 e. The normalized spacial score (nSPS) is 10.7. The molecule has 1 aromatic carbocycles. The monoisotopic (exact) mass is 366 g/mol.